The SMILES string of the molecule is NCC(NC(=O)NC1CC1)C1CCCCC1. The van der Waals surface area contributed by atoms with Crippen molar-refractivity contribution in [2.75, 3.05) is 6.54 Å². The fraction of sp³-hybridized carbons (Fsp3) is 0.917. The van der Waals surface area contributed by atoms with Crippen LogP contribution in [0.5, 0.6) is 0 Å². The largest absolute Gasteiger partial charge is 0.335 e. The maximum Gasteiger partial charge on any atom is 0.315 e. The minimum atomic E-state index is -0.0245. The summed E-state index contributed by atoms with van der Waals surface area (Å²) in [5.41, 5.74) is 5.76. The normalized spacial score (nSPS) is 23.8. The highest BCUT2D eigenvalue weighted by Gasteiger charge is 2.27. The summed E-state index contributed by atoms with van der Waals surface area (Å²) < 4.78 is 0. The molecule has 0 heterocycles. The quantitative estimate of drug-likeness (QED) is 0.676. The average molecular weight is 225 g/mol. The first-order chi connectivity index (χ1) is 7.79. The lowest BCUT2D eigenvalue weighted by atomic mass is 9.84. The van der Waals surface area contributed by atoms with E-state index in [1.165, 1.54) is 32.1 Å². The van der Waals surface area contributed by atoms with Crippen molar-refractivity contribution in [1.29, 1.82) is 0 Å². The number of hydrogen-bond acceptors (Lipinski definition) is 2. The maximum atomic E-state index is 11.6. The maximum absolute atomic E-state index is 11.6. The van der Waals surface area contributed by atoms with Crippen molar-refractivity contribution in [2.24, 2.45) is 11.7 Å². The van der Waals surface area contributed by atoms with Crippen LogP contribution in [0.4, 0.5) is 4.79 Å². The molecule has 2 rings (SSSR count). The third kappa shape index (κ3) is 3.37. The van der Waals surface area contributed by atoms with Gasteiger partial charge in [-0.05, 0) is 31.6 Å². The molecular weight excluding hydrogens is 202 g/mol. The van der Waals surface area contributed by atoms with Crippen LogP contribution in [0, 0.1) is 5.92 Å². The van der Waals surface area contributed by atoms with Crippen molar-refractivity contribution in [3.05, 3.63) is 0 Å². The molecule has 4 N–H and O–H groups in total. The Bertz CT molecular complexity index is 234. The molecule has 2 saturated carbocycles. The van der Waals surface area contributed by atoms with Crippen LogP contribution in [0.25, 0.3) is 0 Å². The van der Waals surface area contributed by atoms with Crippen molar-refractivity contribution >= 4 is 6.03 Å². The van der Waals surface area contributed by atoms with Crippen LogP contribution in [0.3, 0.4) is 0 Å². The monoisotopic (exact) mass is 225 g/mol. The van der Waals surface area contributed by atoms with Gasteiger partial charge in [-0.3, -0.25) is 0 Å². The molecule has 0 aromatic heterocycles. The van der Waals surface area contributed by atoms with Gasteiger partial charge in [-0.2, -0.15) is 0 Å². The van der Waals surface area contributed by atoms with Crippen molar-refractivity contribution < 1.29 is 4.79 Å². The molecule has 0 aromatic carbocycles. The van der Waals surface area contributed by atoms with Gasteiger partial charge < -0.3 is 16.4 Å². The first-order valence-corrected chi connectivity index (χ1v) is 6.56. The van der Waals surface area contributed by atoms with Crippen molar-refractivity contribution in [2.45, 2.75) is 57.0 Å². The summed E-state index contributed by atoms with van der Waals surface area (Å²) in [6.07, 6.45) is 8.59. The number of hydrogen-bond donors (Lipinski definition) is 3. The molecule has 0 saturated heterocycles. The van der Waals surface area contributed by atoms with Gasteiger partial charge in [0.2, 0.25) is 0 Å². The molecule has 4 heteroatoms. The fourth-order valence-electron chi connectivity index (χ4n) is 2.53. The molecule has 16 heavy (non-hydrogen) atoms. The Hall–Kier alpha value is -0.770. The molecule has 0 aliphatic heterocycles. The summed E-state index contributed by atoms with van der Waals surface area (Å²) in [5.74, 6) is 0.587. The van der Waals surface area contributed by atoms with Gasteiger partial charge in [-0.25, -0.2) is 4.79 Å². The van der Waals surface area contributed by atoms with Gasteiger partial charge in [0.1, 0.15) is 0 Å². The number of nitrogens with one attached hydrogen (secondary N) is 2. The van der Waals surface area contributed by atoms with E-state index >= 15 is 0 Å². The Morgan fingerprint density at radius 3 is 2.44 bits per heavy atom. The average Bonchev–Trinajstić information content (AvgIpc) is 3.11. The first-order valence-electron chi connectivity index (χ1n) is 6.56. The predicted octanol–water partition coefficient (Wildman–Crippen LogP) is 1.36. The van der Waals surface area contributed by atoms with Gasteiger partial charge in [-0.15, -0.1) is 0 Å². The molecule has 4 nitrogen and oxygen atoms in total. The molecule has 0 radical (unpaired) electrons. The number of carbonyl (C=O) groups is 1. The highest BCUT2D eigenvalue weighted by atomic mass is 16.2. The van der Waals surface area contributed by atoms with E-state index in [4.69, 9.17) is 5.73 Å². The zero-order valence-corrected chi connectivity index (χ0v) is 9.87. The minimum absolute atomic E-state index is 0.0245. The zero-order chi connectivity index (χ0) is 11.4. The van der Waals surface area contributed by atoms with E-state index in [2.05, 4.69) is 10.6 Å². The standard InChI is InChI=1S/C12H23N3O/c13-8-11(9-4-2-1-3-5-9)15-12(16)14-10-6-7-10/h9-11H,1-8,13H2,(H2,14,15,16). The van der Waals surface area contributed by atoms with Crippen molar-refractivity contribution in [3.63, 3.8) is 0 Å². The van der Waals surface area contributed by atoms with Gasteiger partial charge in [0, 0.05) is 18.6 Å². The number of nitrogens with two attached hydrogens (primary N) is 1. The third-order valence-corrected chi connectivity index (χ3v) is 3.70. The Morgan fingerprint density at radius 1 is 1.19 bits per heavy atom. The predicted molar refractivity (Wildman–Crippen MR) is 64.1 cm³/mol. The van der Waals surface area contributed by atoms with Crippen LogP contribution in [0.15, 0.2) is 0 Å². The topological polar surface area (TPSA) is 67.1 Å². The van der Waals surface area contributed by atoms with Gasteiger partial charge >= 0.3 is 6.03 Å². The first kappa shape index (κ1) is 11.7. The molecule has 2 fully saturated rings. The summed E-state index contributed by atoms with van der Waals surface area (Å²) in [6.45, 7) is 0.558. The number of urea groups is 1. The van der Waals surface area contributed by atoms with E-state index in [0.717, 1.165) is 12.8 Å². The minimum Gasteiger partial charge on any atom is -0.335 e. The van der Waals surface area contributed by atoms with Gasteiger partial charge in [0.15, 0.2) is 0 Å². The molecule has 1 atom stereocenters. The number of carbonyl (C=O) groups excluding carboxylic acids is 1. The molecular formula is C12H23N3O. The number of amides is 2. The van der Waals surface area contributed by atoms with Crippen LogP contribution in [-0.4, -0.2) is 24.7 Å². The molecule has 1 unspecified atom stereocenters. The molecule has 0 bridgehead atoms. The fourth-order valence-corrected chi connectivity index (χ4v) is 2.53. The van der Waals surface area contributed by atoms with E-state index in [9.17, 15) is 4.79 Å². The van der Waals surface area contributed by atoms with Crippen LogP contribution in [-0.2, 0) is 0 Å². The smallest absolute Gasteiger partial charge is 0.315 e. The Morgan fingerprint density at radius 2 is 1.88 bits per heavy atom. The second-order valence-electron chi connectivity index (χ2n) is 5.13. The molecule has 2 amide bonds. The summed E-state index contributed by atoms with van der Waals surface area (Å²) >= 11 is 0. The lowest BCUT2D eigenvalue weighted by Crippen LogP contribution is -2.50. The van der Waals surface area contributed by atoms with Crippen molar-refractivity contribution in [1.82, 2.24) is 10.6 Å². The summed E-state index contributed by atoms with van der Waals surface area (Å²) in [4.78, 5) is 11.6. The van der Waals surface area contributed by atoms with E-state index in [0.29, 0.717) is 18.5 Å². The zero-order valence-electron chi connectivity index (χ0n) is 9.87. The lowest BCUT2D eigenvalue weighted by molar-refractivity contribution is 0.222. The van der Waals surface area contributed by atoms with Crippen molar-refractivity contribution in [3.8, 4) is 0 Å². The summed E-state index contributed by atoms with van der Waals surface area (Å²) in [5, 5.41) is 5.98. The molecule has 2 aliphatic carbocycles. The van der Waals surface area contributed by atoms with E-state index in [1.54, 1.807) is 0 Å². The molecule has 0 spiro atoms. The van der Waals surface area contributed by atoms with Crippen LogP contribution in [0.2, 0.25) is 0 Å². The second kappa shape index (κ2) is 5.53. The number of rotatable bonds is 4. The van der Waals surface area contributed by atoms with Crippen LogP contribution < -0.4 is 16.4 Å². The van der Waals surface area contributed by atoms with Gasteiger partial charge in [0.25, 0.3) is 0 Å². The second-order valence-corrected chi connectivity index (χ2v) is 5.13. The molecule has 2 aliphatic rings. The van der Waals surface area contributed by atoms with E-state index in [1.807, 2.05) is 0 Å². The highest BCUT2D eigenvalue weighted by Crippen LogP contribution is 2.26. The third-order valence-electron chi connectivity index (χ3n) is 3.70. The Labute approximate surface area is 97.3 Å². The van der Waals surface area contributed by atoms with E-state index in [-0.39, 0.29) is 12.1 Å². The molecule has 92 valence electrons. The van der Waals surface area contributed by atoms with Crippen LogP contribution in [0.1, 0.15) is 44.9 Å². The lowest BCUT2D eigenvalue weighted by Gasteiger charge is -2.30. The summed E-state index contributed by atoms with van der Waals surface area (Å²) in [6, 6.07) is 0.562. The molecule has 0 aromatic rings. The van der Waals surface area contributed by atoms with Crippen LogP contribution >= 0.6 is 0 Å². The van der Waals surface area contributed by atoms with E-state index < -0.39 is 0 Å². The van der Waals surface area contributed by atoms with Gasteiger partial charge in [-0.1, -0.05) is 19.3 Å². The highest BCUT2D eigenvalue weighted by molar-refractivity contribution is 5.74. The Kier molecular flexibility index (Phi) is 4.04. The van der Waals surface area contributed by atoms with Gasteiger partial charge in [0.05, 0.1) is 0 Å². The summed E-state index contributed by atoms with van der Waals surface area (Å²) in [7, 11) is 0. The Balaban J connectivity index is 1.76.